The molecule has 0 saturated carbocycles. The molecule has 4 heterocycles. The van der Waals surface area contributed by atoms with Gasteiger partial charge in [0, 0.05) is 37.5 Å². The molecule has 5 rings (SSSR count). The molecule has 1 amide bonds. The summed E-state index contributed by atoms with van der Waals surface area (Å²) in [5, 5.41) is 11.2. The number of furan rings is 1. The normalized spacial score (nSPS) is 21.7. The van der Waals surface area contributed by atoms with E-state index in [4.69, 9.17) is 9.15 Å². The monoisotopic (exact) mass is 433 g/mol. The number of hydrogen-bond acceptors (Lipinski definition) is 6. The molecule has 2 aliphatic rings. The number of rotatable bonds is 6. The van der Waals surface area contributed by atoms with Crippen LogP contribution in [0.1, 0.15) is 36.3 Å². The van der Waals surface area contributed by atoms with Crippen LogP contribution in [0.25, 0.3) is 5.76 Å². The number of nitrogens with zero attached hydrogens (tertiary/aromatic N) is 3. The van der Waals surface area contributed by atoms with Crippen LogP contribution in [0.15, 0.2) is 65.3 Å². The van der Waals surface area contributed by atoms with E-state index in [9.17, 15) is 14.7 Å². The highest BCUT2D eigenvalue weighted by atomic mass is 16.5. The zero-order valence-electron chi connectivity index (χ0n) is 17.6. The average Bonchev–Trinajstić information content (AvgIpc) is 3.57. The summed E-state index contributed by atoms with van der Waals surface area (Å²) in [7, 11) is 0. The SMILES string of the molecule is C[C@H]1Cc2cc(C(O)=C3C(=O)C(=O)N(CCCn4ccnc4)[C@H]3c3ccco3)ccc2O1. The first-order valence-electron chi connectivity index (χ1n) is 10.6. The van der Waals surface area contributed by atoms with Crippen molar-refractivity contribution in [1.29, 1.82) is 0 Å². The van der Waals surface area contributed by atoms with Crippen molar-refractivity contribution in [1.82, 2.24) is 14.5 Å². The molecule has 0 unspecified atom stereocenters. The predicted molar refractivity (Wildman–Crippen MR) is 115 cm³/mol. The number of fused-ring (bicyclic) bond motifs is 1. The average molecular weight is 433 g/mol. The third-order valence-corrected chi connectivity index (χ3v) is 5.90. The van der Waals surface area contributed by atoms with E-state index in [0.717, 1.165) is 17.7 Å². The summed E-state index contributed by atoms with van der Waals surface area (Å²) in [4.78, 5) is 31.4. The Morgan fingerprint density at radius 2 is 2.12 bits per heavy atom. The number of aryl methyl sites for hydroxylation is 1. The molecule has 8 heteroatoms. The number of ketones is 1. The minimum Gasteiger partial charge on any atom is -0.507 e. The van der Waals surface area contributed by atoms with Gasteiger partial charge in [0.05, 0.1) is 18.2 Å². The van der Waals surface area contributed by atoms with Gasteiger partial charge in [0.2, 0.25) is 0 Å². The van der Waals surface area contributed by atoms with Crippen molar-refractivity contribution in [2.75, 3.05) is 6.54 Å². The standard InChI is InChI=1S/C24H23N3O5/c1-15-12-17-13-16(5-6-18(17)32-15)22(28)20-21(19-4-2-11-31-19)27(24(30)23(20)29)9-3-8-26-10-7-25-14-26/h2,4-7,10-11,13-15,21,28H,3,8-9,12H2,1H3/t15-,21-/m0/s1. The van der Waals surface area contributed by atoms with Crippen molar-refractivity contribution in [2.45, 2.75) is 38.5 Å². The molecular formula is C24H23N3O5. The number of benzene rings is 1. The molecule has 0 spiro atoms. The third-order valence-electron chi connectivity index (χ3n) is 5.90. The Morgan fingerprint density at radius 1 is 1.25 bits per heavy atom. The summed E-state index contributed by atoms with van der Waals surface area (Å²) in [5.74, 6) is -0.347. The first kappa shape index (κ1) is 20.1. The Hall–Kier alpha value is -3.81. The molecule has 32 heavy (non-hydrogen) atoms. The summed E-state index contributed by atoms with van der Waals surface area (Å²) < 4.78 is 13.2. The van der Waals surface area contributed by atoms with Gasteiger partial charge in [-0.05, 0) is 49.2 Å². The summed E-state index contributed by atoms with van der Waals surface area (Å²) in [5.41, 5.74) is 1.49. The van der Waals surface area contributed by atoms with Crippen molar-refractivity contribution in [2.24, 2.45) is 0 Å². The number of likely N-dealkylation sites (tertiary alicyclic amines) is 1. The van der Waals surface area contributed by atoms with Crippen LogP contribution in [0.3, 0.4) is 0 Å². The first-order chi connectivity index (χ1) is 15.5. The first-order valence-corrected chi connectivity index (χ1v) is 10.6. The fraction of sp³-hybridized carbons (Fsp3) is 0.292. The maximum atomic E-state index is 13.0. The Labute approximate surface area is 184 Å². The molecule has 1 N–H and O–H groups in total. The minimum absolute atomic E-state index is 0.0412. The lowest BCUT2D eigenvalue weighted by Crippen LogP contribution is -2.31. The van der Waals surface area contributed by atoms with Crippen LogP contribution in [0.2, 0.25) is 0 Å². The van der Waals surface area contributed by atoms with Gasteiger partial charge in [-0.25, -0.2) is 4.98 Å². The van der Waals surface area contributed by atoms with Gasteiger partial charge in [-0.2, -0.15) is 0 Å². The van der Waals surface area contributed by atoms with E-state index in [1.165, 1.54) is 11.2 Å². The van der Waals surface area contributed by atoms with Crippen molar-refractivity contribution < 1.29 is 23.8 Å². The van der Waals surface area contributed by atoms with E-state index in [1.54, 1.807) is 36.8 Å². The molecule has 0 aliphatic carbocycles. The van der Waals surface area contributed by atoms with Crippen LogP contribution in [-0.2, 0) is 22.6 Å². The number of aliphatic hydroxyl groups excluding tert-OH is 1. The molecule has 1 fully saturated rings. The van der Waals surface area contributed by atoms with Gasteiger partial charge in [-0.15, -0.1) is 0 Å². The summed E-state index contributed by atoms with van der Waals surface area (Å²) in [6.45, 7) is 2.96. The molecule has 8 nitrogen and oxygen atoms in total. The fourth-order valence-electron chi connectivity index (χ4n) is 4.42. The van der Waals surface area contributed by atoms with E-state index < -0.39 is 17.7 Å². The fourth-order valence-corrected chi connectivity index (χ4v) is 4.42. The Kier molecular flexibility index (Phi) is 5.05. The van der Waals surface area contributed by atoms with Crippen LogP contribution in [0.5, 0.6) is 5.75 Å². The largest absolute Gasteiger partial charge is 0.507 e. The predicted octanol–water partition coefficient (Wildman–Crippen LogP) is 3.31. The quantitative estimate of drug-likeness (QED) is 0.364. The van der Waals surface area contributed by atoms with Crippen LogP contribution in [0.4, 0.5) is 0 Å². The van der Waals surface area contributed by atoms with Gasteiger partial charge >= 0.3 is 0 Å². The topological polar surface area (TPSA) is 97.8 Å². The molecule has 164 valence electrons. The third kappa shape index (κ3) is 3.47. The van der Waals surface area contributed by atoms with E-state index in [1.807, 2.05) is 23.8 Å². The van der Waals surface area contributed by atoms with E-state index in [-0.39, 0.29) is 17.4 Å². The van der Waals surface area contributed by atoms with E-state index >= 15 is 0 Å². The van der Waals surface area contributed by atoms with E-state index in [2.05, 4.69) is 4.98 Å². The molecule has 1 aromatic carbocycles. The molecule has 2 aliphatic heterocycles. The number of imidazole rings is 1. The molecule has 0 bridgehead atoms. The maximum Gasteiger partial charge on any atom is 0.295 e. The number of hydrogen-bond donors (Lipinski definition) is 1. The lowest BCUT2D eigenvalue weighted by molar-refractivity contribution is -0.140. The Balaban J connectivity index is 1.49. The second-order valence-corrected chi connectivity index (χ2v) is 8.12. The van der Waals surface area contributed by atoms with Gasteiger partial charge in [-0.1, -0.05) is 0 Å². The van der Waals surface area contributed by atoms with Crippen LogP contribution >= 0.6 is 0 Å². The zero-order valence-corrected chi connectivity index (χ0v) is 17.6. The van der Waals surface area contributed by atoms with Gasteiger partial charge in [0.15, 0.2) is 0 Å². The van der Waals surface area contributed by atoms with Crippen molar-refractivity contribution in [3.63, 3.8) is 0 Å². The molecule has 0 radical (unpaired) electrons. The second kappa shape index (κ2) is 8.03. The number of carbonyl (C=O) groups excluding carboxylic acids is 2. The van der Waals surface area contributed by atoms with Gasteiger partial charge in [0.1, 0.15) is 29.4 Å². The number of amides is 1. The molecule has 2 aromatic heterocycles. The Morgan fingerprint density at radius 3 is 2.88 bits per heavy atom. The number of Topliss-reactive ketones (excluding diaryl/α,β-unsaturated/α-hetero) is 1. The van der Waals surface area contributed by atoms with Crippen molar-refractivity contribution in [3.8, 4) is 5.75 Å². The lowest BCUT2D eigenvalue weighted by Gasteiger charge is -2.23. The molecule has 2 atom stereocenters. The van der Waals surface area contributed by atoms with Crippen molar-refractivity contribution in [3.05, 3.63) is 77.8 Å². The Bertz CT molecular complexity index is 1180. The van der Waals surface area contributed by atoms with Crippen LogP contribution in [0, 0.1) is 0 Å². The van der Waals surface area contributed by atoms with Gasteiger partial charge in [-0.3, -0.25) is 9.59 Å². The van der Waals surface area contributed by atoms with Gasteiger partial charge in [0.25, 0.3) is 11.7 Å². The number of aromatic nitrogens is 2. The van der Waals surface area contributed by atoms with Gasteiger partial charge < -0.3 is 23.7 Å². The second-order valence-electron chi connectivity index (χ2n) is 8.12. The number of aliphatic hydroxyl groups is 1. The smallest absolute Gasteiger partial charge is 0.295 e. The highest BCUT2D eigenvalue weighted by Gasteiger charge is 2.47. The molecule has 1 saturated heterocycles. The summed E-state index contributed by atoms with van der Waals surface area (Å²) in [6.07, 6.45) is 8.14. The molecule has 3 aromatic rings. The van der Waals surface area contributed by atoms with Crippen LogP contribution in [-0.4, -0.2) is 43.9 Å². The number of carbonyl (C=O) groups is 2. The highest BCUT2D eigenvalue weighted by molar-refractivity contribution is 6.46. The van der Waals surface area contributed by atoms with Crippen molar-refractivity contribution >= 4 is 17.4 Å². The minimum atomic E-state index is -0.781. The summed E-state index contributed by atoms with van der Waals surface area (Å²) in [6, 6.07) is 7.95. The number of ether oxygens (including phenoxy) is 1. The maximum absolute atomic E-state index is 13.0. The molecular weight excluding hydrogens is 410 g/mol. The summed E-state index contributed by atoms with van der Waals surface area (Å²) >= 11 is 0. The van der Waals surface area contributed by atoms with E-state index in [0.29, 0.717) is 30.8 Å². The highest BCUT2D eigenvalue weighted by Crippen LogP contribution is 2.40. The zero-order chi connectivity index (χ0) is 22.2. The van der Waals surface area contributed by atoms with Crippen LogP contribution < -0.4 is 4.74 Å². The lowest BCUT2D eigenvalue weighted by atomic mass is 9.97.